The molecule has 0 spiro atoms. The molecule has 7 nitrogen and oxygen atoms in total. The number of aldehydes is 1. The first kappa shape index (κ1) is 25.2. The lowest BCUT2D eigenvalue weighted by Crippen LogP contribution is -2.32. The molecule has 1 atom stereocenters. The first-order valence-corrected chi connectivity index (χ1v) is 14.6. The Morgan fingerprint density at radius 1 is 1.08 bits per heavy atom. The fourth-order valence-corrected chi connectivity index (χ4v) is 5.78. The molecule has 5 rings (SSSR count). The van der Waals surface area contributed by atoms with Crippen LogP contribution in [0, 0.1) is 0 Å². The van der Waals surface area contributed by atoms with Gasteiger partial charge in [0, 0.05) is 23.1 Å². The number of benzene rings is 2. The summed E-state index contributed by atoms with van der Waals surface area (Å²) in [6.07, 6.45) is 8.10. The molecule has 0 amide bonds. The van der Waals surface area contributed by atoms with Crippen molar-refractivity contribution in [1.82, 2.24) is 15.2 Å². The number of sulfone groups is 1. The van der Waals surface area contributed by atoms with Crippen LogP contribution in [0.1, 0.15) is 48.4 Å². The number of carbonyl (C=O) groups excluding carboxylic acids is 1. The first-order valence-electron chi connectivity index (χ1n) is 12.7. The Morgan fingerprint density at radius 2 is 1.78 bits per heavy atom. The van der Waals surface area contributed by atoms with Crippen LogP contribution in [0.2, 0.25) is 0 Å². The van der Waals surface area contributed by atoms with Crippen LogP contribution >= 0.6 is 0 Å². The number of rotatable bonds is 7. The topological polar surface area (TPSA) is 91.4 Å². The second-order valence-electron chi connectivity index (χ2n) is 9.72. The maximum atomic E-state index is 11.9. The highest BCUT2D eigenvalue weighted by molar-refractivity contribution is 7.90. The summed E-state index contributed by atoms with van der Waals surface area (Å²) in [5, 5.41) is 6.54. The molecule has 2 N–H and O–H groups in total. The standard InChI is InChI=1S/C29H32N4O3S/c1-3-33-16-13-21(14-17-33)20-4-8-24(9-5-20)31-29-28-23(12-15-30-27(28)19-34)18-26(32-29)22-6-10-25(11-7-22)37(2,35)36/h4-12,15,18-19,21,27,30H,3,13-14,16-17H2,1-2H3,(H,31,32). The van der Waals surface area contributed by atoms with Gasteiger partial charge in [0.2, 0.25) is 0 Å². The maximum Gasteiger partial charge on any atom is 0.175 e. The molecule has 1 unspecified atom stereocenters. The zero-order valence-corrected chi connectivity index (χ0v) is 22.0. The molecule has 0 aliphatic carbocycles. The van der Waals surface area contributed by atoms with Crippen LogP contribution in [0.4, 0.5) is 11.5 Å². The van der Waals surface area contributed by atoms with Gasteiger partial charge < -0.3 is 20.3 Å². The number of anilines is 2. The van der Waals surface area contributed by atoms with E-state index < -0.39 is 15.9 Å². The van der Waals surface area contributed by atoms with E-state index in [-0.39, 0.29) is 4.90 Å². The molecule has 0 saturated carbocycles. The van der Waals surface area contributed by atoms with E-state index >= 15 is 0 Å². The molecule has 8 heteroatoms. The van der Waals surface area contributed by atoms with Crippen molar-refractivity contribution in [2.75, 3.05) is 31.2 Å². The zero-order chi connectivity index (χ0) is 26.0. The van der Waals surface area contributed by atoms with Crippen LogP contribution in [0.3, 0.4) is 0 Å². The fourth-order valence-electron chi connectivity index (χ4n) is 5.15. The second kappa shape index (κ2) is 10.5. The minimum absolute atomic E-state index is 0.262. The van der Waals surface area contributed by atoms with E-state index in [1.807, 2.05) is 12.1 Å². The maximum absolute atomic E-state index is 11.9. The lowest BCUT2D eigenvalue weighted by atomic mass is 9.89. The number of carbonyl (C=O) groups is 1. The third-order valence-corrected chi connectivity index (χ3v) is 8.46. The minimum Gasteiger partial charge on any atom is -0.378 e. The van der Waals surface area contributed by atoms with E-state index in [2.05, 4.69) is 46.7 Å². The molecule has 0 bridgehead atoms. The van der Waals surface area contributed by atoms with Gasteiger partial charge in [-0.05, 0) is 92.1 Å². The quantitative estimate of drug-likeness (QED) is 0.431. The number of nitrogens with zero attached hydrogens (tertiary/aromatic N) is 2. The van der Waals surface area contributed by atoms with Gasteiger partial charge in [0.05, 0.1) is 10.6 Å². The Morgan fingerprint density at radius 3 is 2.41 bits per heavy atom. The van der Waals surface area contributed by atoms with Gasteiger partial charge in [-0.25, -0.2) is 13.4 Å². The van der Waals surface area contributed by atoms with Gasteiger partial charge in [0.25, 0.3) is 0 Å². The number of hydrogen-bond acceptors (Lipinski definition) is 7. The summed E-state index contributed by atoms with van der Waals surface area (Å²) in [5.74, 6) is 1.17. The van der Waals surface area contributed by atoms with Crippen LogP contribution in [0.5, 0.6) is 0 Å². The number of nitrogens with one attached hydrogen (secondary N) is 2. The third kappa shape index (κ3) is 5.45. The van der Waals surface area contributed by atoms with Gasteiger partial charge in [-0.3, -0.25) is 0 Å². The summed E-state index contributed by atoms with van der Waals surface area (Å²) >= 11 is 0. The van der Waals surface area contributed by atoms with E-state index in [4.69, 9.17) is 4.98 Å². The predicted molar refractivity (Wildman–Crippen MR) is 148 cm³/mol. The average Bonchev–Trinajstić information content (AvgIpc) is 2.92. The summed E-state index contributed by atoms with van der Waals surface area (Å²) < 4.78 is 23.8. The Bertz CT molecular complexity index is 1410. The molecule has 37 heavy (non-hydrogen) atoms. The van der Waals surface area contributed by atoms with Gasteiger partial charge in [-0.1, -0.05) is 31.2 Å². The van der Waals surface area contributed by atoms with Crippen LogP contribution < -0.4 is 10.6 Å². The van der Waals surface area contributed by atoms with Crippen molar-refractivity contribution in [2.24, 2.45) is 0 Å². The molecular formula is C29H32N4O3S. The minimum atomic E-state index is -3.29. The van der Waals surface area contributed by atoms with Crippen molar-refractivity contribution in [1.29, 1.82) is 0 Å². The number of hydrogen-bond donors (Lipinski definition) is 2. The second-order valence-corrected chi connectivity index (χ2v) is 11.7. The molecule has 2 aromatic carbocycles. The molecule has 1 aromatic heterocycles. The van der Waals surface area contributed by atoms with Crippen molar-refractivity contribution >= 4 is 33.7 Å². The lowest BCUT2D eigenvalue weighted by Gasteiger charge is -2.31. The van der Waals surface area contributed by atoms with Crippen LogP contribution in [-0.4, -0.2) is 50.5 Å². The first-order chi connectivity index (χ1) is 17.9. The Kier molecular flexibility index (Phi) is 7.13. The normalized spacial score (nSPS) is 18.2. The van der Waals surface area contributed by atoms with E-state index in [1.54, 1.807) is 30.5 Å². The highest BCUT2D eigenvalue weighted by Crippen LogP contribution is 2.35. The zero-order valence-electron chi connectivity index (χ0n) is 21.1. The van der Waals surface area contributed by atoms with Crippen molar-refractivity contribution in [2.45, 2.75) is 36.6 Å². The lowest BCUT2D eigenvalue weighted by molar-refractivity contribution is -0.109. The van der Waals surface area contributed by atoms with Gasteiger partial charge in [0.15, 0.2) is 9.84 Å². The molecule has 2 aliphatic heterocycles. The highest BCUT2D eigenvalue weighted by atomic mass is 32.2. The van der Waals surface area contributed by atoms with E-state index in [9.17, 15) is 13.2 Å². The Hall–Kier alpha value is -3.49. The SMILES string of the molecule is CCN1CCC(c2ccc(Nc3nc(-c4ccc(S(C)(=O)=O)cc4)cc4c3C(C=O)NC=C4)cc2)CC1. The molecule has 1 saturated heterocycles. The van der Waals surface area contributed by atoms with Crippen molar-refractivity contribution in [3.8, 4) is 11.3 Å². The molecule has 3 aromatic rings. The van der Waals surface area contributed by atoms with E-state index in [1.165, 1.54) is 24.7 Å². The summed E-state index contributed by atoms with van der Waals surface area (Å²) in [6.45, 7) is 5.61. The number of fused-ring (bicyclic) bond motifs is 1. The largest absolute Gasteiger partial charge is 0.378 e. The van der Waals surface area contributed by atoms with Crippen molar-refractivity contribution in [3.63, 3.8) is 0 Å². The highest BCUT2D eigenvalue weighted by Gasteiger charge is 2.23. The van der Waals surface area contributed by atoms with Gasteiger partial charge in [-0.15, -0.1) is 0 Å². The van der Waals surface area contributed by atoms with E-state index in [0.717, 1.165) is 48.3 Å². The van der Waals surface area contributed by atoms with E-state index in [0.29, 0.717) is 17.4 Å². The summed E-state index contributed by atoms with van der Waals surface area (Å²) in [7, 11) is -3.29. The molecule has 192 valence electrons. The molecular weight excluding hydrogens is 484 g/mol. The van der Waals surface area contributed by atoms with Crippen LogP contribution in [-0.2, 0) is 14.6 Å². The van der Waals surface area contributed by atoms with Crippen molar-refractivity contribution < 1.29 is 13.2 Å². The number of aromatic nitrogens is 1. The average molecular weight is 517 g/mol. The Labute approximate surface area is 218 Å². The summed E-state index contributed by atoms with van der Waals surface area (Å²) in [5.41, 5.74) is 5.40. The molecule has 1 fully saturated rings. The summed E-state index contributed by atoms with van der Waals surface area (Å²) in [6, 6.07) is 16.6. The van der Waals surface area contributed by atoms with Crippen LogP contribution in [0.15, 0.2) is 65.7 Å². The molecule has 3 heterocycles. The molecule has 2 aliphatic rings. The number of likely N-dealkylation sites (tertiary alicyclic amines) is 1. The molecule has 0 radical (unpaired) electrons. The summed E-state index contributed by atoms with van der Waals surface area (Å²) in [4.78, 5) is 19.5. The van der Waals surface area contributed by atoms with Crippen LogP contribution in [0.25, 0.3) is 17.3 Å². The van der Waals surface area contributed by atoms with Gasteiger partial charge >= 0.3 is 0 Å². The van der Waals surface area contributed by atoms with Crippen molar-refractivity contribution in [3.05, 3.63) is 77.5 Å². The third-order valence-electron chi connectivity index (χ3n) is 7.33. The predicted octanol–water partition coefficient (Wildman–Crippen LogP) is 4.91. The number of pyridine rings is 1. The monoisotopic (exact) mass is 516 g/mol. The smallest absolute Gasteiger partial charge is 0.175 e. The number of piperidine rings is 1. The van der Waals surface area contributed by atoms with Gasteiger partial charge in [-0.2, -0.15) is 0 Å². The fraction of sp³-hybridized carbons (Fsp3) is 0.310. The van der Waals surface area contributed by atoms with Gasteiger partial charge in [0.1, 0.15) is 18.1 Å². The Balaban J connectivity index is 1.45.